The minimum Gasteiger partial charge on any atom is -0.504 e. The second kappa shape index (κ2) is 7.05. The van der Waals surface area contributed by atoms with Crippen LogP contribution in [-0.2, 0) is 0 Å². The predicted octanol–water partition coefficient (Wildman–Crippen LogP) is 2.99. The lowest BCUT2D eigenvalue weighted by Crippen LogP contribution is -1.97. The van der Waals surface area contributed by atoms with Gasteiger partial charge in [0, 0.05) is 6.20 Å². The first kappa shape index (κ1) is 15.9. The van der Waals surface area contributed by atoms with Crippen molar-refractivity contribution in [1.29, 1.82) is 0 Å². The molecule has 1 aromatic carbocycles. The standard InChI is InChI=1S/C16H15N5O2S/c1-2-23-14-9-11(6-7-13(14)22)10-18-21-15(19-20-16(21)24)12-5-3-4-8-17-12/h3-10,22H,2H2,1H3,(H,20,24)/b18-10+. The van der Waals surface area contributed by atoms with Gasteiger partial charge in [-0.3, -0.25) is 4.98 Å². The SMILES string of the molecule is CCOc1cc(/C=N/n2c(-c3ccccn3)n[nH]c2=S)ccc1O. The van der Waals surface area contributed by atoms with Crippen molar-refractivity contribution in [1.82, 2.24) is 19.9 Å². The number of phenolic OH excluding ortho intramolecular Hbond substituents is 1. The van der Waals surface area contributed by atoms with Gasteiger partial charge in [-0.15, -0.1) is 0 Å². The van der Waals surface area contributed by atoms with E-state index in [9.17, 15) is 5.11 Å². The van der Waals surface area contributed by atoms with E-state index in [0.29, 0.717) is 28.6 Å². The molecule has 0 amide bonds. The van der Waals surface area contributed by atoms with Crippen LogP contribution < -0.4 is 4.74 Å². The third kappa shape index (κ3) is 3.33. The number of nitrogens with one attached hydrogen (secondary N) is 1. The molecule has 0 aliphatic rings. The van der Waals surface area contributed by atoms with Crippen molar-refractivity contribution in [2.24, 2.45) is 5.10 Å². The number of aromatic nitrogens is 4. The van der Waals surface area contributed by atoms with Crippen LogP contribution in [0.15, 0.2) is 47.7 Å². The Balaban J connectivity index is 1.95. The third-order valence-corrected chi connectivity index (χ3v) is 3.41. The summed E-state index contributed by atoms with van der Waals surface area (Å²) in [6.45, 7) is 2.31. The van der Waals surface area contributed by atoms with E-state index in [-0.39, 0.29) is 5.75 Å². The van der Waals surface area contributed by atoms with E-state index in [1.807, 2.05) is 25.1 Å². The lowest BCUT2D eigenvalue weighted by molar-refractivity contribution is 0.318. The van der Waals surface area contributed by atoms with Gasteiger partial charge in [0.05, 0.1) is 12.8 Å². The summed E-state index contributed by atoms with van der Waals surface area (Å²) in [5.41, 5.74) is 1.41. The minimum atomic E-state index is 0.0862. The maximum Gasteiger partial charge on any atom is 0.216 e. The summed E-state index contributed by atoms with van der Waals surface area (Å²) in [6, 6.07) is 10.5. The van der Waals surface area contributed by atoms with Gasteiger partial charge in [0.1, 0.15) is 5.69 Å². The topological polar surface area (TPSA) is 88.3 Å². The molecule has 0 bridgehead atoms. The summed E-state index contributed by atoms with van der Waals surface area (Å²) in [5, 5.41) is 21.0. The molecule has 0 fully saturated rings. The number of ether oxygens (including phenoxy) is 1. The molecule has 2 aromatic heterocycles. The van der Waals surface area contributed by atoms with Crippen LogP contribution in [-0.4, -0.2) is 37.8 Å². The van der Waals surface area contributed by atoms with Crippen molar-refractivity contribution in [2.45, 2.75) is 6.92 Å². The highest BCUT2D eigenvalue weighted by atomic mass is 32.1. The molecular weight excluding hydrogens is 326 g/mol. The molecule has 0 atom stereocenters. The quantitative estimate of drug-likeness (QED) is 0.550. The molecule has 8 heteroatoms. The number of phenols is 1. The van der Waals surface area contributed by atoms with E-state index in [2.05, 4.69) is 20.3 Å². The van der Waals surface area contributed by atoms with Gasteiger partial charge < -0.3 is 9.84 Å². The Hall–Kier alpha value is -3.00. The predicted molar refractivity (Wildman–Crippen MR) is 92.9 cm³/mol. The summed E-state index contributed by atoms with van der Waals surface area (Å²) >= 11 is 5.22. The van der Waals surface area contributed by atoms with E-state index in [0.717, 1.165) is 5.56 Å². The molecular formula is C16H15N5O2S. The fraction of sp³-hybridized carbons (Fsp3) is 0.125. The number of aromatic amines is 1. The molecule has 24 heavy (non-hydrogen) atoms. The van der Waals surface area contributed by atoms with Gasteiger partial charge in [-0.2, -0.15) is 14.9 Å². The van der Waals surface area contributed by atoms with E-state index in [1.54, 1.807) is 30.6 Å². The first-order valence-corrected chi connectivity index (χ1v) is 7.69. The fourth-order valence-electron chi connectivity index (χ4n) is 2.07. The summed E-state index contributed by atoms with van der Waals surface area (Å²) in [7, 11) is 0. The van der Waals surface area contributed by atoms with E-state index < -0.39 is 0 Å². The van der Waals surface area contributed by atoms with Crippen LogP contribution >= 0.6 is 12.2 Å². The van der Waals surface area contributed by atoms with Crippen LogP contribution in [0.4, 0.5) is 0 Å². The highest BCUT2D eigenvalue weighted by molar-refractivity contribution is 7.71. The molecule has 3 aromatic rings. The van der Waals surface area contributed by atoms with Crippen LogP contribution in [0.1, 0.15) is 12.5 Å². The lowest BCUT2D eigenvalue weighted by atomic mass is 10.2. The molecule has 0 radical (unpaired) electrons. The van der Waals surface area contributed by atoms with E-state index in [4.69, 9.17) is 17.0 Å². The number of H-pyrrole nitrogens is 1. The largest absolute Gasteiger partial charge is 0.504 e. The van der Waals surface area contributed by atoms with Crippen LogP contribution in [0.2, 0.25) is 0 Å². The zero-order valence-corrected chi connectivity index (χ0v) is 13.7. The molecule has 7 nitrogen and oxygen atoms in total. The Morgan fingerprint density at radius 2 is 2.25 bits per heavy atom. The maximum absolute atomic E-state index is 9.74. The van der Waals surface area contributed by atoms with Crippen molar-refractivity contribution in [3.63, 3.8) is 0 Å². The second-order valence-electron chi connectivity index (χ2n) is 4.78. The number of nitrogens with zero attached hydrogens (tertiary/aromatic N) is 4. The molecule has 0 spiro atoms. The minimum absolute atomic E-state index is 0.0862. The summed E-state index contributed by atoms with van der Waals surface area (Å²) < 4.78 is 7.21. The van der Waals surface area contributed by atoms with E-state index in [1.165, 1.54) is 4.68 Å². The average molecular weight is 341 g/mol. The van der Waals surface area contributed by atoms with Gasteiger partial charge >= 0.3 is 0 Å². The molecule has 0 saturated carbocycles. The highest BCUT2D eigenvalue weighted by Crippen LogP contribution is 2.26. The van der Waals surface area contributed by atoms with Gasteiger partial charge in [0.2, 0.25) is 10.6 Å². The first-order valence-electron chi connectivity index (χ1n) is 7.28. The van der Waals surface area contributed by atoms with Crippen LogP contribution in [0.5, 0.6) is 11.5 Å². The van der Waals surface area contributed by atoms with Gasteiger partial charge in [-0.25, -0.2) is 5.10 Å². The Kier molecular flexibility index (Phi) is 4.66. The zero-order valence-electron chi connectivity index (χ0n) is 12.9. The Morgan fingerprint density at radius 1 is 1.38 bits per heavy atom. The van der Waals surface area contributed by atoms with Gasteiger partial charge in [0.15, 0.2) is 11.5 Å². The molecule has 3 rings (SSSR count). The second-order valence-corrected chi connectivity index (χ2v) is 5.17. The normalized spacial score (nSPS) is 11.0. The van der Waals surface area contributed by atoms with Gasteiger partial charge in [0.25, 0.3) is 0 Å². The summed E-state index contributed by atoms with van der Waals surface area (Å²) in [6.07, 6.45) is 3.29. The van der Waals surface area contributed by atoms with Crippen LogP contribution in [0.25, 0.3) is 11.5 Å². The van der Waals surface area contributed by atoms with Crippen molar-refractivity contribution in [3.05, 3.63) is 52.9 Å². The molecule has 0 unspecified atom stereocenters. The maximum atomic E-state index is 9.74. The first-order chi connectivity index (χ1) is 11.7. The lowest BCUT2D eigenvalue weighted by Gasteiger charge is -2.06. The Labute approximate surface area is 143 Å². The monoisotopic (exact) mass is 341 g/mol. The Bertz CT molecular complexity index is 918. The smallest absolute Gasteiger partial charge is 0.216 e. The van der Waals surface area contributed by atoms with Gasteiger partial charge in [-0.1, -0.05) is 6.07 Å². The van der Waals surface area contributed by atoms with Crippen LogP contribution in [0, 0.1) is 4.77 Å². The number of hydrogen-bond donors (Lipinski definition) is 2. The van der Waals surface area contributed by atoms with Gasteiger partial charge in [-0.05, 0) is 55.0 Å². The molecule has 0 saturated heterocycles. The number of rotatable bonds is 5. The summed E-state index contributed by atoms with van der Waals surface area (Å²) in [5.74, 6) is 1.01. The van der Waals surface area contributed by atoms with Crippen LogP contribution in [0.3, 0.4) is 0 Å². The summed E-state index contributed by atoms with van der Waals surface area (Å²) in [4.78, 5) is 4.25. The van der Waals surface area contributed by atoms with Crippen molar-refractivity contribution in [3.8, 4) is 23.0 Å². The number of benzene rings is 1. The molecule has 2 heterocycles. The highest BCUT2D eigenvalue weighted by Gasteiger charge is 2.09. The van der Waals surface area contributed by atoms with E-state index >= 15 is 0 Å². The Morgan fingerprint density at radius 3 is 3.00 bits per heavy atom. The molecule has 2 N–H and O–H groups in total. The van der Waals surface area contributed by atoms with Crippen molar-refractivity contribution in [2.75, 3.05) is 6.61 Å². The fourth-order valence-corrected chi connectivity index (χ4v) is 2.25. The van der Waals surface area contributed by atoms with Crippen molar-refractivity contribution < 1.29 is 9.84 Å². The molecule has 0 aliphatic carbocycles. The molecule has 122 valence electrons. The number of aromatic hydroxyl groups is 1. The molecule has 0 aliphatic heterocycles. The number of hydrogen-bond acceptors (Lipinski definition) is 6. The van der Waals surface area contributed by atoms with Crippen molar-refractivity contribution >= 4 is 18.4 Å². The zero-order chi connectivity index (χ0) is 16.9. The number of pyridine rings is 1. The third-order valence-electron chi connectivity index (χ3n) is 3.15. The average Bonchev–Trinajstić information content (AvgIpc) is 2.97.